The zero-order chi connectivity index (χ0) is 13.8. The van der Waals surface area contributed by atoms with Crippen LogP contribution < -0.4 is 14.8 Å². The predicted octanol–water partition coefficient (Wildman–Crippen LogP) is 2.63. The number of rotatable bonds is 5. The van der Waals surface area contributed by atoms with Crippen molar-refractivity contribution in [2.75, 3.05) is 14.2 Å². The van der Waals surface area contributed by atoms with Crippen LogP contribution in [0.2, 0.25) is 0 Å². The van der Waals surface area contributed by atoms with Crippen LogP contribution in [0.1, 0.15) is 35.7 Å². The van der Waals surface area contributed by atoms with Gasteiger partial charge in [-0.15, -0.1) is 0 Å². The molecule has 4 nitrogen and oxygen atoms in total. The van der Waals surface area contributed by atoms with Gasteiger partial charge in [0.1, 0.15) is 0 Å². The molecule has 0 radical (unpaired) electrons. The average molecular weight is 261 g/mol. The molecule has 1 N–H and O–H groups in total. The summed E-state index contributed by atoms with van der Waals surface area (Å²) < 4.78 is 10.6. The molecule has 0 spiro atoms. The number of nitrogens with one attached hydrogen (secondary N) is 1. The minimum absolute atomic E-state index is 0.0609. The highest BCUT2D eigenvalue weighted by atomic mass is 16.5. The Bertz CT molecular complexity index is 504. The molecule has 1 fully saturated rings. The quantitative estimate of drug-likeness (QED) is 0.886. The fourth-order valence-electron chi connectivity index (χ4n) is 1.92. The fraction of sp³-hybridized carbons (Fsp3) is 0.400. The number of hydrogen-bond donors (Lipinski definition) is 1. The average Bonchev–Trinajstić information content (AvgIpc) is 3.22. The van der Waals surface area contributed by atoms with Crippen molar-refractivity contribution in [1.82, 2.24) is 5.32 Å². The molecule has 1 aromatic rings. The van der Waals surface area contributed by atoms with Gasteiger partial charge in [-0.05, 0) is 31.9 Å². The highest BCUT2D eigenvalue weighted by molar-refractivity contribution is 5.96. The van der Waals surface area contributed by atoms with Crippen molar-refractivity contribution < 1.29 is 14.3 Å². The van der Waals surface area contributed by atoms with Gasteiger partial charge in [0.05, 0.1) is 14.2 Å². The maximum atomic E-state index is 12.1. The van der Waals surface area contributed by atoms with Gasteiger partial charge in [0.15, 0.2) is 11.5 Å². The minimum atomic E-state index is -0.0609. The van der Waals surface area contributed by atoms with E-state index < -0.39 is 0 Å². The summed E-state index contributed by atoms with van der Waals surface area (Å²) in [5.41, 5.74) is 1.43. The van der Waals surface area contributed by atoms with Crippen LogP contribution in [0.4, 0.5) is 0 Å². The Morgan fingerprint density at radius 3 is 2.58 bits per heavy atom. The highest BCUT2D eigenvalue weighted by Gasteiger charge is 2.24. The maximum Gasteiger partial charge on any atom is 0.251 e. The second kappa shape index (κ2) is 5.78. The third-order valence-corrected chi connectivity index (χ3v) is 3.03. The Balaban J connectivity index is 2.37. The summed E-state index contributed by atoms with van der Waals surface area (Å²) in [6.07, 6.45) is 5.94. The van der Waals surface area contributed by atoms with Crippen LogP contribution in [0.5, 0.6) is 11.5 Å². The number of methoxy groups -OCH3 is 2. The topological polar surface area (TPSA) is 47.6 Å². The van der Waals surface area contributed by atoms with Crippen LogP contribution in [-0.4, -0.2) is 26.2 Å². The largest absolute Gasteiger partial charge is 0.493 e. The Kier molecular flexibility index (Phi) is 4.10. The summed E-state index contributed by atoms with van der Waals surface area (Å²) in [5.74, 6) is 1.15. The summed E-state index contributed by atoms with van der Waals surface area (Å²) in [6.45, 7) is 1.92. The molecule has 19 heavy (non-hydrogen) atoms. The molecule has 1 amide bonds. The number of amides is 1. The van der Waals surface area contributed by atoms with E-state index in [0.29, 0.717) is 23.1 Å². The zero-order valence-electron chi connectivity index (χ0n) is 11.5. The van der Waals surface area contributed by atoms with Crippen molar-refractivity contribution >= 4 is 12.0 Å². The molecule has 1 saturated carbocycles. The van der Waals surface area contributed by atoms with Crippen molar-refractivity contribution in [2.45, 2.75) is 25.8 Å². The van der Waals surface area contributed by atoms with Crippen LogP contribution in [0.15, 0.2) is 18.2 Å². The van der Waals surface area contributed by atoms with Gasteiger partial charge < -0.3 is 14.8 Å². The van der Waals surface area contributed by atoms with Crippen LogP contribution in [-0.2, 0) is 0 Å². The van der Waals surface area contributed by atoms with Crippen molar-refractivity contribution in [1.29, 1.82) is 0 Å². The first-order valence-corrected chi connectivity index (χ1v) is 6.39. The number of hydrogen-bond acceptors (Lipinski definition) is 3. The lowest BCUT2D eigenvalue weighted by molar-refractivity contribution is 0.0950. The minimum Gasteiger partial charge on any atom is -0.493 e. The van der Waals surface area contributed by atoms with Crippen molar-refractivity contribution in [3.8, 4) is 11.5 Å². The lowest BCUT2D eigenvalue weighted by Crippen LogP contribution is -2.25. The number of allylic oxidation sites excluding steroid dienone is 1. The lowest BCUT2D eigenvalue weighted by atomic mass is 10.1. The predicted molar refractivity (Wildman–Crippen MR) is 74.7 cm³/mol. The maximum absolute atomic E-state index is 12.1. The van der Waals surface area contributed by atoms with Crippen molar-refractivity contribution in [2.24, 2.45) is 0 Å². The number of carbonyl (C=O) groups excluding carboxylic acids is 1. The monoisotopic (exact) mass is 261 g/mol. The molecule has 0 atom stereocenters. The normalized spacial score (nSPS) is 14.5. The van der Waals surface area contributed by atoms with Crippen LogP contribution in [0, 0.1) is 0 Å². The molecular formula is C15H19NO3. The van der Waals surface area contributed by atoms with E-state index in [9.17, 15) is 4.79 Å². The second-order valence-electron chi connectivity index (χ2n) is 4.55. The smallest absolute Gasteiger partial charge is 0.251 e. The van der Waals surface area contributed by atoms with Gasteiger partial charge in [-0.1, -0.05) is 12.2 Å². The lowest BCUT2D eigenvalue weighted by Gasteiger charge is -2.13. The third kappa shape index (κ3) is 3.08. The highest BCUT2D eigenvalue weighted by Crippen LogP contribution is 2.33. The number of benzene rings is 1. The Hall–Kier alpha value is -1.97. The Labute approximate surface area is 113 Å². The molecule has 0 saturated heterocycles. The standard InChI is InChI=1S/C15H19NO3/c1-4-5-10-8-11(15(17)16-12-6-7-12)9-13(18-2)14(10)19-3/h4-5,8-9,12H,6-7H2,1-3H3,(H,16,17)/b5-4+. The van der Waals surface area contributed by atoms with Crippen LogP contribution >= 0.6 is 0 Å². The second-order valence-corrected chi connectivity index (χ2v) is 4.55. The molecule has 1 aromatic carbocycles. The fourth-order valence-corrected chi connectivity index (χ4v) is 1.92. The molecule has 4 heteroatoms. The molecule has 1 aliphatic carbocycles. The molecule has 0 aliphatic heterocycles. The summed E-state index contributed by atoms with van der Waals surface area (Å²) in [4.78, 5) is 12.1. The van der Waals surface area contributed by atoms with E-state index in [1.165, 1.54) is 0 Å². The van der Waals surface area contributed by atoms with E-state index in [0.717, 1.165) is 18.4 Å². The van der Waals surface area contributed by atoms with E-state index in [2.05, 4.69) is 5.32 Å². The summed E-state index contributed by atoms with van der Waals surface area (Å²) in [7, 11) is 3.16. The summed E-state index contributed by atoms with van der Waals surface area (Å²) >= 11 is 0. The van der Waals surface area contributed by atoms with Gasteiger partial charge in [0.2, 0.25) is 0 Å². The molecule has 0 unspecified atom stereocenters. The van der Waals surface area contributed by atoms with E-state index in [-0.39, 0.29) is 5.91 Å². The number of ether oxygens (including phenoxy) is 2. The Morgan fingerprint density at radius 1 is 1.32 bits per heavy atom. The van der Waals surface area contributed by atoms with Gasteiger partial charge in [-0.3, -0.25) is 4.79 Å². The Morgan fingerprint density at radius 2 is 2.05 bits per heavy atom. The molecule has 102 valence electrons. The van der Waals surface area contributed by atoms with Crippen molar-refractivity contribution in [3.05, 3.63) is 29.3 Å². The van der Waals surface area contributed by atoms with E-state index in [1.807, 2.05) is 25.1 Å². The first-order chi connectivity index (χ1) is 9.19. The van der Waals surface area contributed by atoms with Gasteiger partial charge in [0.25, 0.3) is 5.91 Å². The number of carbonyl (C=O) groups is 1. The molecule has 0 aromatic heterocycles. The summed E-state index contributed by atoms with van der Waals surface area (Å²) in [5, 5.41) is 2.97. The van der Waals surface area contributed by atoms with Gasteiger partial charge in [0, 0.05) is 17.2 Å². The molecule has 0 heterocycles. The third-order valence-electron chi connectivity index (χ3n) is 3.03. The van der Waals surface area contributed by atoms with E-state index in [4.69, 9.17) is 9.47 Å². The van der Waals surface area contributed by atoms with Crippen LogP contribution in [0.25, 0.3) is 6.08 Å². The van der Waals surface area contributed by atoms with Gasteiger partial charge in [-0.25, -0.2) is 0 Å². The summed E-state index contributed by atoms with van der Waals surface area (Å²) in [6, 6.07) is 3.87. The SMILES string of the molecule is C/C=C/c1cc(C(=O)NC2CC2)cc(OC)c1OC. The molecular weight excluding hydrogens is 242 g/mol. The van der Waals surface area contributed by atoms with E-state index in [1.54, 1.807) is 20.3 Å². The first-order valence-electron chi connectivity index (χ1n) is 6.39. The van der Waals surface area contributed by atoms with E-state index >= 15 is 0 Å². The van der Waals surface area contributed by atoms with Gasteiger partial charge in [-0.2, -0.15) is 0 Å². The molecule has 0 bridgehead atoms. The van der Waals surface area contributed by atoms with Gasteiger partial charge >= 0.3 is 0 Å². The molecule has 1 aliphatic rings. The first kappa shape index (κ1) is 13.5. The zero-order valence-corrected chi connectivity index (χ0v) is 11.5. The van der Waals surface area contributed by atoms with Crippen LogP contribution in [0.3, 0.4) is 0 Å². The molecule has 2 rings (SSSR count). The van der Waals surface area contributed by atoms with Crippen molar-refractivity contribution in [3.63, 3.8) is 0 Å².